The molecule has 1 unspecified atom stereocenters. The molecule has 1 atom stereocenters. The Balaban J connectivity index is 1.56. The van der Waals surface area contributed by atoms with Crippen LogP contribution in [0.5, 0.6) is 0 Å². The van der Waals surface area contributed by atoms with Crippen molar-refractivity contribution in [1.82, 2.24) is 5.32 Å². The number of nitrogens with one attached hydrogen (secondary N) is 2. The fourth-order valence-corrected chi connectivity index (χ4v) is 4.83. The average molecular weight is 497 g/mol. The molecule has 0 bridgehead atoms. The van der Waals surface area contributed by atoms with Gasteiger partial charge < -0.3 is 20.2 Å². The number of halogens is 2. The van der Waals surface area contributed by atoms with Crippen LogP contribution in [-0.2, 0) is 4.79 Å². The molecule has 1 saturated carbocycles. The number of benzene rings is 2. The number of aliphatic carboxylic acids is 1. The highest BCUT2D eigenvalue weighted by Gasteiger charge is 2.29. The quantitative estimate of drug-likeness (QED) is 0.316. The highest BCUT2D eigenvalue weighted by Crippen LogP contribution is 2.40. The number of rotatable bonds is 9. The molecule has 1 amide bonds. The molecule has 2 aromatic carbocycles. The van der Waals surface area contributed by atoms with Gasteiger partial charge in [0.25, 0.3) is 5.91 Å². The number of furan rings is 1. The van der Waals surface area contributed by atoms with Crippen molar-refractivity contribution in [2.45, 2.75) is 51.5 Å². The number of amides is 1. The number of carbonyl (C=O) groups excluding carboxylic acids is 1. The number of anilines is 1. The highest BCUT2D eigenvalue weighted by atomic mass is 19.1. The van der Waals surface area contributed by atoms with Crippen LogP contribution in [-0.4, -0.2) is 23.5 Å². The van der Waals surface area contributed by atoms with Gasteiger partial charge in [0.2, 0.25) is 0 Å². The summed E-state index contributed by atoms with van der Waals surface area (Å²) < 4.78 is 33.8. The van der Waals surface area contributed by atoms with E-state index < -0.39 is 17.6 Å². The van der Waals surface area contributed by atoms with Crippen molar-refractivity contribution in [2.75, 3.05) is 11.9 Å². The Labute approximate surface area is 208 Å². The predicted molar refractivity (Wildman–Crippen MR) is 133 cm³/mol. The minimum atomic E-state index is -0.969. The summed E-state index contributed by atoms with van der Waals surface area (Å²) in [4.78, 5) is 22.9. The minimum absolute atomic E-state index is 0.0642. The summed E-state index contributed by atoms with van der Waals surface area (Å²) in [5.41, 5.74) is 2.40. The molecule has 8 heteroatoms. The highest BCUT2D eigenvalue weighted by molar-refractivity contribution is 5.94. The lowest BCUT2D eigenvalue weighted by Gasteiger charge is -2.31. The van der Waals surface area contributed by atoms with E-state index in [0.29, 0.717) is 23.0 Å². The summed E-state index contributed by atoms with van der Waals surface area (Å²) in [5.74, 6) is -1.23. The van der Waals surface area contributed by atoms with Gasteiger partial charge >= 0.3 is 5.97 Å². The van der Waals surface area contributed by atoms with Crippen molar-refractivity contribution in [3.8, 4) is 11.3 Å². The van der Waals surface area contributed by atoms with Crippen LogP contribution < -0.4 is 10.6 Å². The minimum Gasteiger partial charge on any atom is -0.481 e. The lowest BCUT2D eigenvalue weighted by atomic mass is 9.81. The van der Waals surface area contributed by atoms with Crippen molar-refractivity contribution in [1.29, 1.82) is 0 Å². The molecule has 3 N–H and O–H groups in total. The van der Waals surface area contributed by atoms with Crippen LogP contribution in [0, 0.1) is 24.5 Å². The largest absolute Gasteiger partial charge is 0.481 e. The van der Waals surface area contributed by atoms with E-state index in [4.69, 9.17) is 9.52 Å². The molecule has 1 heterocycles. The zero-order valence-electron chi connectivity index (χ0n) is 20.2. The van der Waals surface area contributed by atoms with Crippen molar-refractivity contribution >= 4 is 17.6 Å². The van der Waals surface area contributed by atoms with Gasteiger partial charge in [-0.05, 0) is 68.1 Å². The number of aryl methyl sites for hydroxylation is 1. The molecule has 0 radical (unpaired) electrons. The molecule has 0 aliphatic heterocycles. The third kappa shape index (κ3) is 6.11. The standard InChI is InChI=1S/C28H30F2N2O4/c1-17-23(16-25(36-17)22-12-9-20(29)15-24(22)30)27(18-5-3-2-4-6-18)32-21-10-7-19(8-11-21)28(35)31-14-13-26(33)34/h7-12,15-16,18,27,32H,2-6,13-14H2,1H3,(H,31,35)(H,33,34). The topological polar surface area (TPSA) is 91.6 Å². The molecule has 36 heavy (non-hydrogen) atoms. The lowest BCUT2D eigenvalue weighted by molar-refractivity contribution is -0.136. The van der Waals surface area contributed by atoms with E-state index in [9.17, 15) is 18.4 Å². The first kappa shape index (κ1) is 25.4. The van der Waals surface area contributed by atoms with Crippen molar-refractivity contribution in [2.24, 2.45) is 5.92 Å². The molecule has 190 valence electrons. The number of carboxylic acid groups (broad SMARTS) is 1. The van der Waals surface area contributed by atoms with Gasteiger partial charge in [-0.2, -0.15) is 0 Å². The first-order chi connectivity index (χ1) is 17.3. The molecule has 6 nitrogen and oxygen atoms in total. The van der Waals surface area contributed by atoms with E-state index in [1.165, 1.54) is 18.6 Å². The average Bonchev–Trinajstić information content (AvgIpc) is 3.24. The molecule has 0 spiro atoms. The van der Waals surface area contributed by atoms with E-state index in [0.717, 1.165) is 43.0 Å². The molecular weight excluding hydrogens is 466 g/mol. The van der Waals surface area contributed by atoms with Gasteiger partial charge in [-0.25, -0.2) is 8.78 Å². The molecule has 0 saturated heterocycles. The molecule has 3 aromatic rings. The van der Waals surface area contributed by atoms with E-state index in [-0.39, 0.29) is 30.5 Å². The van der Waals surface area contributed by atoms with E-state index >= 15 is 0 Å². The van der Waals surface area contributed by atoms with Crippen LogP contribution in [0.4, 0.5) is 14.5 Å². The van der Waals surface area contributed by atoms with Gasteiger partial charge in [-0.15, -0.1) is 0 Å². The summed E-state index contributed by atoms with van der Waals surface area (Å²) in [5, 5.41) is 14.9. The molecule has 1 aliphatic rings. The van der Waals surface area contributed by atoms with Crippen LogP contribution in [0.3, 0.4) is 0 Å². The smallest absolute Gasteiger partial charge is 0.305 e. The van der Waals surface area contributed by atoms with Gasteiger partial charge in [0, 0.05) is 29.4 Å². The molecule has 1 aromatic heterocycles. The number of carbonyl (C=O) groups is 2. The van der Waals surface area contributed by atoms with Gasteiger partial charge in [0.05, 0.1) is 18.0 Å². The van der Waals surface area contributed by atoms with E-state index in [1.54, 1.807) is 12.1 Å². The molecular formula is C28H30F2N2O4. The van der Waals surface area contributed by atoms with Crippen molar-refractivity contribution in [3.63, 3.8) is 0 Å². The van der Waals surface area contributed by atoms with Gasteiger partial charge in [-0.3, -0.25) is 9.59 Å². The lowest BCUT2D eigenvalue weighted by Crippen LogP contribution is -2.26. The summed E-state index contributed by atoms with van der Waals surface area (Å²) in [6.45, 7) is 1.91. The van der Waals surface area contributed by atoms with Crippen LogP contribution >= 0.6 is 0 Å². The van der Waals surface area contributed by atoms with Crippen LogP contribution in [0.2, 0.25) is 0 Å². The SMILES string of the molecule is Cc1oc(-c2ccc(F)cc2F)cc1C(Nc1ccc(C(=O)NCCC(=O)O)cc1)C1CCCCC1. The Bertz CT molecular complexity index is 1220. The molecule has 1 fully saturated rings. The second-order valence-corrected chi connectivity index (χ2v) is 9.24. The fourth-order valence-electron chi connectivity index (χ4n) is 4.83. The van der Waals surface area contributed by atoms with Crippen LogP contribution in [0.25, 0.3) is 11.3 Å². The summed E-state index contributed by atoms with van der Waals surface area (Å²) in [7, 11) is 0. The second-order valence-electron chi connectivity index (χ2n) is 9.24. The van der Waals surface area contributed by atoms with Gasteiger partial charge in [-0.1, -0.05) is 19.3 Å². The Morgan fingerprint density at radius 1 is 1.06 bits per heavy atom. The van der Waals surface area contributed by atoms with Gasteiger partial charge in [0.1, 0.15) is 23.2 Å². The molecule has 4 rings (SSSR count). The molecule has 1 aliphatic carbocycles. The number of hydrogen-bond acceptors (Lipinski definition) is 4. The number of hydrogen-bond donors (Lipinski definition) is 3. The Morgan fingerprint density at radius 2 is 1.78 bits per heavy atom. The van der Waals surface area contributed by atoms with Crippen LogP contribution in [0.1, 0.15) is 66.2 Å². The third-order valence-electron chi connectivity index (χ3n) is 6.70. The summed E-state index contributed by atoms with van der Waals surface area (Å²) in [6, 6.07) is 12.2. The fraction of sp³-hybridized carbons (Fsp3) is 0.357. The Morgan fingerprint density at radius 3 is 2.44 bits per heavy atom. The van der Waals surface area contributed by atoms with Crippen molar-refractivity contribution < 1.29 is 27.9 Å². The zero-order valence-corrected chi connectivity index (χ0v) is 20.2. The maximum absolute atomic E-state index is 14.4. The van der Waals surface area contributed by atoms with E-state index in [1.807, 2.05) is 25.1 Å². The maximum atomic E-state index is 14.4. The van der Waals surface area contributed by atoms with Gasteiger partial charge in [0.15, 0.2) is 0 Å². The van der Waals surface area contributed by atoms with Crippen LogP contribution in [0.15, 0.2) is 52.9 Å². The third-order valence-corrected chi connectivity index (χ3v) is 6.70. The monoisotopic (exact) mass is 496 g/mol. The van der Waals surface area contributed by atoms with Crippen molar-refractivity contribution in [3.05, 3.63) is 77.1 Å². The van der Waals surface area contributed by atoms with E-state index in [2.05, 4.69) is 10.6 Å². The first-order valence-corrected chi connectivity index (χ1v) is 12.2. The Hall–Kier alpha value is -3.68. The predicted octanol–water partition coefficient (Wildman–Crippen LogP) is 6.47. The maximum Gasteiger partial charge on any atom is 0.305 e. The summed E-state index contributed by atoms with van der Waals surface area (Å²) >= 11 is 0. The first-order valence-electron chi connectivity index (χ1n) is 12.2. The Kier molecular flexibility index (Phi) is 8.03. The number of carboxylic acids is 1. The zero-order chi connectivity index (χ0) is 25.7. The summed E-state index contributed by atoms with van der Waals surface area (Å²) in [6.07, 6.45) is 5.43. The normalized spacial score (nSPS) is 14.9. The second kappa shape index (κ2) is 11.4.